The van der Waals surface area contributed by atoms with Crippen LogP contribution in [0, 0.1) is 5.41 Å². The fourth-order valence-corrected chi connectivity index (χ4v) is 4.04. The summed E-state index contributed by atoms with van der Waals surface area (Å²) >= 11 is 0. The topological polar surface area (TPSA) is 39.5 Å². The van der Waals surface area contributed by atoms with Crippen LogP contribution in [0.3, 0.4) is 0 Å². The minimum absolute atomic E-state index is 0.297. The molecule has 4 aliphatic heterocycles. The van der Waals surface area contributed by atoms with E-state index in [-0.39, 0.29) is 18.3 Å². The first-order valence-electron chi connectivity index (χ1n) is 8.89. The minimum Gasteiger partial charge on any atom is -0.399 e. The van der Waals surface area contributed by atoms with Gasteiger partial charge in [-0.2, -0.15) is 5.10 Å². The van der Waals surface area contributed by atoms with Crippen molar-refractivity contribution in [1.29, 1.82) is 0 Å². The third kappa shape index (κ3) is 2.65. The zero-order chi connectivity index (χ0) is 16.3. The Kier molecular flexibility index (Phi) is 3.46. The Morgan fingerprint density at radius 3 is 2.17 bits per heavy atom. The zero-order valence-electron chi connectivity index (χ0n) is 14.8. The Hall–Kier alpha value is -0.845. The smallest absolute Gasteiger partial charge is 0.399 e. The van der Waals surface area contributed by atoms with Gasteiger partial charge in [-0.1, -0.05) is 0 Å². The molecule has 1 aromatic rings. The average Bonchev–Trinajstić information content (AvgIpc) is 3.03. The highest BCUT2D eigenvalue weighted by molar-refractivity contribution is 6.61. The second kappa shape index (κ2) is 5.07. The number of rotatable bonds is 3. The SMILES string of the molecule is CC1(C)OB(c2cnn(CC34CCN(CC3)CC4)c2)OC1(C)C. The molecule has 23 heavy (non-hydrogen) atoms. The molecule has 126 valence electrons. The van der Waals surface area contributed by atoms with Gasteiger partial charge in [-0.15, -0.1) is 0 Å². The third-order valence-electron chi connectivity index (χ3n) is 6.55. The molecule has 4 saturated heterocycles. The Morgan fingerprint density at radius 1 is 1.04 bits per heavy atom. The molecular weight excluding hydrogens is 289 g/mol. The lowest BCUT2D eigenvalue weighted by molar-refractivity contribution is 0.00578. The number of aromatic nitrogens is 2. The summed E-state index contributed by atoms with van der Waals surface area (Å²) in [6.45, 7) is 13.2. The van der Waals surface area contributed by atoms with Crippen LogP contribution in [0.15, 0.2) is 12.4 Å². The maximum Gasteiger partial charge on any atom is 0.498 e. The molecule has 5 nitrogen and oxygen atoms in total. The van der Waals surface area contributed by atoms with E-state index in [0.717, 1.165) is 12.0 Å². The Bertz CT molecular complexity index is 561. The van der Waals surface area contributed by atoms with Gasteiger partial charge in [0, 0.05) is 24.4 Å². The van der Waals surface area contributed by atoms with E-state index in [2.05, 4.69) is 48.6 Å². The first kappa shape index (κ1) is 15.7. The summed E-state index contributed by atoms with van der Waals surface area (Å²) in [4.78, 5) is 2.58. The molecule has 0 saturated carbocycles. The normalized spacial score (nSPS) is 35.0. The lowest BCUT2D eigenvalue weighted by Gasteiger charge is -2.48. The highest BCUT2D eigenvalue weighted by Gasteiger charge is 2.52. The van der Waals surface area contributed by atoms with E-state index in [9.17, 15) is 0 Å². The van der Waals surface area contributed by atoms with Crippen LogP contribution in [0.2, 0.25) is 0 Å². The van der Waals surface area contributed by atoms with E-state index in [0.29, 0.717) is 5.41 Å². The zero-order valence-corrected chi connectivity index (χ0v) is 14.8. The first-order valence-corrected chi connectivity index (χ1v) is 8.89. The summed E-state index contributed by atoms with van der Waals surface area (Å²) in [6, 6.07) is 0. The molecule has 2 bridgehead atoms. The van der Waals surface area contributed by atoms with E-state index in [4.69, 9.17) is 9.31 Å². The van der Waals surface area contributed by atoms with Crippen molar-refractivity contribution in [3.63, 3.8) is 0 Å². The van der Waals surface area contributed by atoms with Crippen molar-refractivity contribution in [2.75, 3.05) is 19.6 Å². The summed E-state index contributed by atoms with van der Waals surface area (Å²) in [6.07, 6.45) is 7.95. The Balaban J connectivity index is 1.48. The van der Waals surface area contributed by atoms with Crippen LogP contribution >= 0.6 is 0 Å². The van der Waals surface area contributed by atoms with Gasteiger partial charge in [0.1, 0.15) is 0 Å². The lowest BCUT2D eigenvalue weighted by atomic mass is 9.72. The van der Waals surface area contributed by atoms with Gasteiger partial charge in [0.2, 0.25) is 0 Å². The predicted octanol–water partition coefficient (Wildman–Crippen LogP) is 1.67. The van der Waals surface area contributed by atoms with Crippen molar-refractivity contribution in [2.45, 2.75) is 64.7 Å². The monoisotopic (exact) mass is 317 g/mol. The second-order valence-electron chi connectivity index (χ2n) is 8.65. The molecule has 0 spiro atoms. The second-order valence-corrected chi connectivity index (χ2v) is 8.65. The van der Waals surface area contributed by atoms with Gasteiger partial charge in [-0.3, -0.25) is 4.68 Å². The number of piperidine rings is 3. The summed E-state index contributed by atoms with van der Waals surface area (Å²) in [5, 5.41) is 4.60. The molecule has 0 N–H and O–H groups in total. The number of hydrogen-bond acceptors (Lipinski definition) is 4. The van der Waals surface area contributed by atoms with Crippen LogP contribution in [0.5, 0.6) is 0 Å². The van der Waals surface area contributed by atoms with Crippen LogP contribution in [0.1, 0.15) is 47.0 Å². The van der Waals surface area contributed by atoms with Crippen molar-refractivity contribution in [3.8, 4) is 0 Å². The maximum atomic E-state index is 6.13. The average molecular weight is 317 g/mol. The van der Waals surface area contributed by atoms with Gasteiger partial charge in [-0.05, 0) is 72.0 Å². The molecule has 0 amide bonds. The largest absolute Gasteiger partial charge is 0.498 e. The molecule has 0 atom stereocenters. The fraction of sp³-hybridized carbons (Fsp3) is 0.824. The molecule has 0 aliphatic carbocycles. The van der Waals surface area contributed by atoms with E-state index in [1.54, 1.807) is 0 Å². The van der Waals surface area contributed by atoms with Crippen LogP contribution in [-0.2, 0) is 15.9 Å². The summed E-state index contributed by atoms with van der Waals surface area (Å²) < 4.78 is 14.4. The highest BCUT2D eigenvalue weighted by atomic mass is 16.7. The third-order valence-corrected chi connectivity index (χ3v) is 6.55. The van der Waals surface area contributed by atoms with Crippen molar-refractivity contribution in [1.82, 2.24) is 14.7 Å². The van der Waals surface area contributed by atoms with Gasteiger partial charge in [0.05, 0.1) is 11.2 Å². The van der Waals surface area contributed by atoms with E-state index in [1.807, 2.05) is 6.20 Å². The van der Waals surface area contributed by atoms with Gasteiger partial charge in [-0.25, -0.2) is 0 Å². The van der Waals surface area contributed by atoms with Crippen LogP contribution in [0.25, 0.3) is 0 Å². The fourth-order valence-electron chi connectivity index (χ4n) is 4.04. The first-order chi connectivity index (χ1) is 10.8. The number of nitrogens with zero attached hydrogens (tertiary/aromatic N) is 3. The summed E-state index contributed by atoms with van der Waals surface area (Å²) in [7, 11) is -0.306. The molecule has 4 fully saturated rings. The van der Waals surface area contributed by atoms with Crippen molar-refractivity contribution in [2.24, 2.45) is 5.41 Å². The summed E-state index contributed by atoms with van der Waals surface area (Å²) in [5.41, 5.74) is 0.894. The maximum absolute atomic E-state index is 6.13. The summed E-state index contributed by atoms with van der Waals surface area (Å²) in [5.74, 6) is 0. The standard InChI is InChI=1S/C17H28BN3O2/c1-15(2)16(3,4)23-18(22-15)14-11-19-21(12-14)13-17-5-8-20(9-6-17)10-7-17/h11-12H,5-10,13H2,1-4H3. The number of hydrogen-bond donors (Lipinski definition) is 0. The molecule has 5 rings (SSSR count). The molecular formula is C17H28BN3O2. The van der Waals surface area contributed by atoms with Crippen molar-refractivity contribution >= 4 is 12.6 Å². The molecule has 6 heteroatoms. The van der Waals surface area contributed by atoms with Gasteiger partial charge in [0.25, 0.3) is 0 Å². The molecule has 4 aliphatic rings. The van der Waals surface area contributed by atoms with Gasteiger partial charge in [0.15, 0.2) is 0 Å². The van der Waals surface area contributed by atoms with E-state index >= 15 is 0 Å². The van der Waals surface area contributed by atoms with Crippen LogP contribution in [0.4, 0.5) is 0 Å². The predicted molar refractivity (Wildman–Crippen MR) is 90.7 cm³/mol. The molecule has 0 aromatic carbocycles. The van der Waals surface area contributed by atoms with Crippen LogP contribution in [-0.4, -0.2) is 52.6 Å². The molecule has 5 heterocycles. The highest BCUT2D eigenvalue weighted by Crippen LogP contribution is 2.41. The number of fused-ring (bicyclic) bond motifs is 3. The lowest BCUT2D eigenvalue weighted by Crippen LogP contribution is -2.49. The van der Waals surface area contributed by atoms with E-state index in [1.165, 1.54) is 38.9 Å². The van der Waals surface area contributed by atoms with Gasteiger partial charge < -0.3 is 14.2 Å². The van der Waals surface area contributed by atoms with Crippen molar-refractivity contribution in [3.05, 3.63) is 12.4 Å². The molecule has 0 unspecified atom stereocenters. The Labute approximate surface area is 139 Å². The Morgan fingerprint density at radius 2 is 1.61 bits per heavy atom. The van der Waals surface area contributed by atoms with Gasteiger partial charge >= 0.3 is 7.12 Å². The quantitative estimate of drug-likeness (QED) is 0.795. The van der Waals surface area contributed by atoms with Crippen LogP contribution < -0.4 is 5.46 Å². The van der Waals surface area contributed by atoms with E-state index < -0.39 is 0 Å². The molecule has 1 aromatic heterocycles. The van der Waals surface area contributed by atoms with Crippen molar-refractivity contribution < 1.29 is 9.31 Å². The molecule has 0 radical (unpaired) electrons. The minimum atomic E-state index is -0.306.